The molecule has 0 spiro atoms. The molecule has 0 saturated carbocycles. The number of nitrogens with zero attached hydrogens (tertiary/aromatic N) is 2. The van der Waals surface area contributed by atoms with Crippen LogP contribution in [0.5, 0.6) is 0 Å². The van der Waals surface area contributed by atoms with E-state index in [2.05, 4.69) is 10.4 Å². The summed E-state index contributed by atoms with van der Waals surface area (Å²) < 4.78 is 6.79. The van der Waals surface area contributed by atoms with Gasteiger partial charge < -0.3 is 14.8 Å². The Morgan fingerprint density at radius 1 is 1.36 bits per heavy atom. The molecule has 22 heavy (non-hydrogen) atoms. The smallest absolute Gasteiger partial charge is 0.371 e. The summed E-state index contributed by atoms with van der Waals surface area (Å²) in [5, 5.41) is 15.9. The standard InChI is InChI=1S/C15H19N3O4/c1-8(7-11-9(2)17-18(4)10(11)3)16-14(19)12-5-6-13(22-12)15(20)21/h5-6,8H,7H2,1-4H3,(H,16,19)(H,20,21). The van der Waals surface area contributed by atoms with Crippen LogP contribution in [-0.2, 0) is 13.5 Å². The first-order chi connectivity index (χ1) is 10.3. The minimum atomic E-state index is -1.20. The van der Waals surface area contributed by atoms with E-state index in [1.807, 2.05) is 32.5 Å². The number of hydrogen-bond acceptors (Lipinski definition) is 4. The molecule has 0 fully saturated rings. The first kappa shape index (κ1) is 15.8. The average molecular weight is 305 g/mol. The second-order valence-electron chi connectivity index (χ2n) is 5.32. The molecule has 2 heterocycles. The monoisotopic (exact) mass is 305 g/mol. The zero-order chi connectivity index (χ0) is 16.4. The summed E-state index contributed by atoms with van der Waals surface area (Å²) in [7, 11) is 1.88. The molecule has 0 aliphatic rings. The summed E-state index contributed by atoms with van der Waals surface area (Å²) in [5.41, 5.74) is 3.10. The predicted octanol–water partition coefficient (Wildman–Crippen LogP) is 1.69. The van der Waals surface area contributed by atoms with E-state index in [1.54, 1.807) is 0 Å². The predicted molar refractivity (Wildman–Crippen MR) is 79.0 cm³/mol. The molecule has 7 nitrogen and oxygen atoms in total. The van der Waals surface area contributed by atoms with Crippen molar-refractivity contribution in [3.05, 3.63) is 40.6 Å². The van der Waals surface area contributed by atoms with Gasteiger partial charge in [-0.15, -0.1) is 0 Å². The number of aromatic nitrogens is 2. The van der Waals surface area contributed by atoms with Gasteiger partial charge in [-0.05, 0) is 44.9 Å². The van der Waals surface area contributed by atoms with Crippen LogP contribution in [0.2, 0.25) is 0 Å². The van der Waals surface area contributed by atoms with Gasteiger partial charge >= 0.3 is 5.97 Å². The zero-order valence-electron chi connectivity index (χ0n) is 13.0. The van der Waals surface area contributed by atoms with Gasteiger partial charge in [0.05, 0.1) is 5.69 Å². The lowest BCUT2D eigenvalue weighted by Gasteiger charge is -2.13. The first-order valence-corrected chi connectivity index (χ1v) is 6.92. The number of rotatable bonds is 5. The van der Waals surface area contributed by atoms with Gasteiger partial charge in [0.2, 0.25) is 5.76 Å². The summed E-state index contributed by atoms with van der Waals surface area (Å²) in [5.74, 6) is -1.89. The Labute approximate surface area is 127 Å². The molecule has 0 aliphatic carbocycles. The topological polar surface area (TPSA) is 97.4 Å². The maximum atomic E-state index is 12.0. The van der Waals surface area contributed by atoms with Crippen LogP contribution in [-0.4, -0.2) is 32.8 Å². The molecule has 2 N–H and O–H groups in total. The highest BCUT2D eigenvalue weighted by atomic mass is 16.4. The Kier molecular flexibility index (Phi) is 4.35. The van der Waals surface area contributed by atoms with Crippen molar-refractivity contribution in [1.29, 1.82) is 0 Å². The number of carbonyl (C=O) groups is 2. The van der Waals surface area contributed by atoms with E-state index in [0.717, 1.165) is 17.0 Å². The van der Waals surface area contributed by atoms with E-state index < -0.39 is 11.9 Å². The largest absolute Gasteiger partial charge is 0.475 e. The van der Waals surface area contributed by atoms with Gasteiger partial charge in [0.25, 0.3) is 5.91 Å². The second kappa shape index (κ2) is 6.05. The third-order valence-electron chi connectivity index (χ3n) is 3.59. The molecule has 1 amide bonds. The van der Waals surface area contributed by atoms with Crippen LogP contribution >= 0.6 is 0 Å². The van der Waals surface area contributed by atoms with Gasteiger partial charge in [-0.25, -0.2) is 4.79 Å². The molecule has 2 rings (SSSR count). The quantitative estimate of drug-likeness (QED) is 0.876. The van der Waals surface area contributed by atoms with Gasteiger partial charge in [-0.2, -0.15) is 5.10 Å². The molecule has 1 unspecified atom stereocenters. The summed E-state index contributed by atoms with van der Waals surface area (Å²) in [6.07, 6.45) is 0.643. The molecule has 1 atom stereocenters. The molecule has 118 valence electrons. The number of carbonyl (C=O) groups excluding carboxylic acids is 1. The third-order valence-corrected chi connectivity index (χ3v) is 3.59. The summed E-state index contributed by atoms with van der Waals surface area (Å²) in [6, 6.07) is 2.48. The fourth-order valence-corrected chi connectivity index (χ4v) is 2.34. The Hall–Kier alpha value is -2.57. The number of nitrogens with one attached hydrogen (secondary N) is 1. The fraction of sp³-hybridized carbons (Fsp3) is 0.400. The van der Waals surface area contributed by atoms with Crippen LogP contribution in [0.3, 0.4) is 0 Å². The van der Waals surface area contributed by atoms with Gasteiger partial charge in [0.1, 0.15) is 0 Å². The van der Waals surface area contributed by atoms with Crippen LogP contribution in [0.1, 0.15) is 45.0 Å². The number of carboxylic acid groups (broad SMARTS) is 1. The number of amides is 1. The highest BCUT2D eigenvalue weighted by Crippen LogP contribution is 2.15. The highest BCUT2D eigenvalue weighted by molar-refractivity contribution is 5.93. The average Bonchev–Trinajstić information content (AvgIpc) is 3.01. The Morgan fingerprint density at radius 3 is 2.50 bits per heavy atom. The number of aryl methyl sites for hydroxylation is 2. The lowest BCUT2D eigenvalue weighted by Crippen LogP contribution is -2.34. The SMILES string of the molecule is Cc1nn(C)c(C)c1CC(C)NC(=O)c1ccc(C(=O)O)o1. The lowest BCUT2D eigenvalue weighted by atomic mass is 10.1. The van der Waals surface area contributed by atoms with E-state index in [4.69, 9.17) is 9.52 Å². The Balaban J connectivity index is 2.03. The zero-order valence-corrected chi connectivity index (χ0v) is 13.0. The van der Waals surface area contributed by atoms with Crippen LogP contribution in [0, 0.1) is 13.8 Å². The Bertz CT molecular complexity index is 714. The van der Waals surface area contributed by atoms with E-state index in [1.165, 1.54) is 12.1 Å². The van der Waals surface area contributed by atoms with E-state index in [0.29, 0.717) is 6.42 Å². The van der Waals surface area contributed by atoms with Gasteiger partial charge in [-0.3, -0.25) is 9.48 Å². The van der Waals surface area contributed by atoms with Crippen molar-refractivity contribution in [3.63, 3.8) is 0 Å². The molecular formula is C15H19N3O4. The molecule has 0 aromatic carbocycles. The van der Waals surface area contributed by atoms with E-state index >= 15 is 0 Å². The number of furan rings is 1. The molecule has 0 aliphatic heterocycles. The maximum absolute atomic E-state index is 12.0. The summed E-state index contributed by atoms with van der Waals surface area (Å²) >= 11 is 0. The van der Waals surface area contributed by atoms with Crippen LogP contribution in [0.15, 0.2) is 16.5 Å². The first-order valence-electron chi connectivity index (χ1n) is 6.92. The van der Waals surface area contributed by atoms with Crippen molar-refractivity contribution in [2.24, 2.45) is 7.05 Å². The number of carboxylic acids is 1. The van der Waals surface area contributed by atoms with Crippen molar-refractivity contribution >= 4 is 11.9 Å². The van der Waals surface area contributed by atoms with Crippen LogP contribution in [0.25, 0.3) is 0 Å². The van der Waals surface area contributed by atoms with Crippen LogP contribution in [0.4, 0.5) is 0 Å². The third kappa shape index (κ3) is 3.19. The molecule has 0 radical (unpaired) electrons. The van der Waals surface area contributed by atoms with E-state index in [9.17, 15) is 9.59 Å². The van der Waals surface area contributed by atoms with Crippen molar-refractivity contribution in [1.82, 2.24) is 15.1 Å². The van der Waals surface area contributed by atoms with Crippen LogP contribution < -0.4 is 5.32 Å². The minimum absolute atomic E-state index is 0.0103. The molecule has 0 bridgehead atoms. The highest BCUT2D eigenvalue weighted by Gasteiger charge is 2.18. The number of hydrogen-bond donors (Lipinski definition) is 2. The van der Waals surface area contributed by atoms with E-state index in [-0.39, 0.29) is 17.6 Å². The van der Waals surface area contributed by atoms with Crippen molar-refractivity contribution in [3.8, 4) is 0 Å². The molecule has 7 heteroatoms. The van der Waals surface area contributed by atoms with Crippen molar-refractivity contribution in [2.75, 3.05) is 0 Å². The van der Waals surface area contributed by atoms with Gasteiger partial charge in [-0.1, -0.05) is 0 Å². The lowest BCUT2D eigenvalue weighted by molar-refractivity contribution is 0.0659. The fourth-order valence-electron chi connectivity index (χ4n) is 2.34. The second-order valence-corrected chi connectivity index (χ2v) is 5.32. The number of aromatic carboxylic acids is 1. The molecule has 2 aromatic heterocycles. The van der Waals surface area contributed by atoms with Crippen molar-refractivity contribution in [2.45, 2.75) is 33.2 Å². The minimum Gasteiger partial charge on any atom is -0.475 e. The maximum Gasteiger partial charge on any atom is 0.371 e. The summed E-state index contributed by atoms with van der Waals surface area (Å²) in [6.45, 7) is 5.79. The van der Waals surface area contributed by atoms with Gasteiger partial charge in [0, 0.05) is 18.8 Å². The summed E-state index contributed by atoms with van der Waals surface area (Å²) in [4.78, 5) is 22.8. The van der Waals surface area contributed by atoms with Crippen molar-refractivity contribution < 1.29 is 19.1 Å². The normalized spacial score (nSPS) is 12.2. The molecule has 2 aromatic rings. The van der Waals surface area contributed by atoms with Gasteiger partial charge in [0.15, 0.2) is 5.76 Å². The molecule has 0 saturated heterocycles. The molecular weight excluding hydrogens is 286 g/mol. The Morgan fingerprint density at radius 2 is 2.00 bits per heavy atom.